The Bertz CT molecular complexity index is 431. The van der Waals surface area contributed by atoms with E-state index in [1.165, 1.54) is 12.1 Å². The van der Waals surface area contributed by atoms with Gasteiger partial charge < -0.3 is 10.6 Å². The van der Waals surface area contributed by atoms with Gasteiger partial charge in [-0.3, -0.25) is 4.79 Å². The summed E-state index contributed by atoms with van der Waals surface area (Å²) >= 11 is 0. The van der Waals surface area contributed by atoms with Gasteiger partial charge in [0.15, 0.2) is 0 Å². The number of benzene rings is 1. The molecule has 0 spiro atoms. The zero-order chi connectivity index (χ0) is 13.1. The van der Waals surface area contributed by atoms with Crippen LogP contribution in [0, 0.1) is 11.7 Å². The first-order valence-electron chi connectivity index (χ1n) is 6.38. The third-order valence-corrected chi connectivity index (χ3v) is 3.63. The topological polar surface area (TPSA) is 41.1 Å². The highest BCUT2D eigenvalue weighted by Crippen LogP contribution is 2.17. The molecule has 0 aromatic heterocycles. The maximum absolute atomic E-state index is 13.5. The smallest absolute Gasteiger partial charge is 0.254 e. The van der Waals surface area contributed by atoms with Crippen LogP contribution in [-0.2, 0) is 0 Å². The lowest BCUT2D eigenvalue weighted by molar-refractivity contribution is 0.0893. The largest absolute Gasteiger partial charge is 0.347 e. The molecule has 1 saturated heterocycles. The lowest BCUT2D eigenvalue weighted by Gasteiger charge is -2.36. The van der Waals surface area contributed by atoms with Crippen LogP contribution in [0.4, 0.5) is 4.39 Å². The number of hydrogen-bond donors (Lipinski definition) is 2. The molecule has 0 saturated carbocycles. The van der Waals surface area contributed by atoms with E-state index in [0.29, 0.717) is 5.92 Å². The van der Waals surface area contributed by atoms with Gasteiger partial charge in [0.05, 0.1) is 5.56 Å². The van der Waals surface area contributed by atoms with E-state index in [1.54, 1.807) is 12.1 Å². The third-order valence-electron chi connectivity index (χ3n) is 3.63. The molecule has 0 aliphatic carbocycles. The summed E-state index contributed by atoms with van der Waals surface area (Å²) in [5.74, 6) is -0.406. The first-order chi connectivity index (χ1) is 8.59. The molecule has 2 rings (SSSR count). The molecule has 1 aromatic rings. The first-order valence-corrected chi connectivity index (χ1v) is 6.38. The molecule has 1 aliphatic heterocycles. The van der Waals surface area contributed by atoms with E-state index in [9.17, 15) is 9.18 Å². The molecule has 1 fully saturated rings. The van der Waals surface area contributed by atoms with Crippen molar-refractivity contribution in [1.29, 1.82) is 0 Å². The standard InChI is InChI=1S/C14H19FN2O.ClH/c1-9-7-8-16-10(2)13(9)17-14(18)11-5-3-4-6-12(11)15;/h3-6,9-10,13,16H,7-8H2,1-2H3,(H,17,18);1H. The molecule has 2 N–H and O–H groups in total. The Morgan fingerprint density at radius 3 is 2.68 bits per heavy atom. The van der Waals surface area contributed by atoms with E-state index in [-0.39, 0.29) is 36.0 Å². The molecule has 19 heavy (non-hydrogen) atoms. The molecule has 1 aromatic carbocycles. The van der Waals surface area contributed by atoms with Gasteiger partial charge in [-0.15, -0.1) is 12.4 Å². The highest BCUT2D eigenvalue weighted by molar-refractivity contribution is 5.94. The lowest BCUT2D eigenvalue weighted by Crippen LogP contribution is -2.56. The summed E-state index contributed by atoms with van der Waals surface area (Å²) in [5, 5.41) is 6.26. The van der Waals surface area contributed by atoms with Crippen LogP contribution in [0.1, 0.15) is 30.6 Å². The van der Waals surface area contributed by atoms with Crippen LogP contribution in [0.15, 0.2) is 24.3 Å². The lowest BCUT2D eigenvalue weighted by atomic mass is 9.89. The van der Waals surface area contributed by atoms with Crippen LogP contribution < -0.4 is 10.6 Å². The number of carbonyl (C=O) groups excluding carboxylic acids is 1. The van der Waals surface area contributed by atoms with Crippen LogP contribution in [0.25, 0.3) is 0 Å². The van der Waals surface area contributed by atoms with Crippen LogP contribution in [-0.4, -0.2) is 24.5 Å². The average molecular weight is 287 g/mol. The van der Waals surface area contributed by atoms with E-state index in [2.05, 4.69) is 17.6 Å². The number of nitrogens with one attached hydrogen (secondary N) is 2. The van der Waals surface area contributed by atoms with Crippen LogP contribution in [0.3, 0.4) is 0 Å². The minimum Gasteiger partial charge on any atom is -0.347 e. The Morgan fingerprint density at radius 2 is 2.05 bits per heavy atom. The van der Waals surface area contributed by atoms with Crippen molar-refractivity contribution in [3.05, 3.63) is 35.6 Å². The van der Waals surface area contributed by atoms with E-state index in [0.717, 1.165) is 13.0 Å². The van der Waals surface area contributed by atoms with Gasteiger partial charge >= 0.3 is 0 Å². The molecule has 1 heterocycles. The van der Waals surface area contributed by atoms with Crippen molar-refractivity contribution >= 4 is 18.3 Å². The number of halogens is 2. The predicted molar refractivity (Wildman–Crippen MR) is 76.1 cm³/mol. The van der Waals surface area contributed by atoms with Crippen molar-refractivity contribution < 1.29 is 9.18 Å². The maximum Gasteiger partial charge on any atom is 0.254 e. The van der Waals surface area contributed by atoms with E-state index in [4.69, 9.17) is 0 Å². The second-order valence-electron chi connectivity index (χ2n) is 4.99. The minimum absolute atomic E-state index is 0. The Kier molecular flexibility index (Phi) is 5.76. The molecule has 1 aliphatic rings. The van der Waals surface area contributed by atoms with Gasteiger partial charge in [-0.05, 0) is 37.9 Å². The van der Waals surface area contributed by atoms with Gasteiger partial charge in [-0.2, -0.15) is 0 Å². The summed E-state index contributed by atoms with van der Waals surface area (Å²) in [7, 11) is 0. The second-order valence-corrected chi connectivity index (χ2v) is 4.99. The molecule has 3 atom stereocenters. The Morgan fingerprint density at radius 1 is 1.37 bits per heavy atom. The second kappa shape index (κ2) is 6.87. The van der Waals surface area contributed by atoms with Gasteiger partial charge in [-0.25, -0.2) is 4.39 Å². The van der Waals surface area contributed by atoms with Crippen molar-refractivity contribution in [3.63, 3.8) is 0 Å². The number of rotatable bonds is 2. The monoisotopic (exact) mass is 286 g/mol. The van der Waals surface area contributed by atoms with Crippen molar-refractivity contribution in [2.24, 2.45) is 5.92 Å². The van der Waals surface area contributed by atoms with Gasteiger partial charge in [0.2, 0.25) is 0 Å². The van der Waals surface area contributed by atoms with Gasteiger partial charge in [0.25, 0.3) is 5.91 Å². The number of carbonyl (C=O) groups is 1. The third kappa shape index (κ3) is 3.67. The summed E-state index contributed by atoms with van der Waals surface area (Å²) in [5.41, 5.74) is 0.113. The van der Waals surface area contributed by atoms with Gasteiger partial charge in [0.1, 0.15) is 5.82 Å². The Labute approximate surface area is 119 Å². The Balaban J connectivity index is 0.00000180. The van der Waals surface area contributed by atoms with Gasteiger partial charge in [0, 0.05) is 12.1 Å². The van der Waals surface area contributed by atoms with E-state index in [1.807, 2.05) is 6.92 Å². The summed E-state index contributed by atoms with van der Waals surface area (Å²) in [6, 6.07) is 6.33. The molecule has 3 unspecified atom stereocenters. The fraction of sp³-hybridized carbons (Fsp3) is 0.500. The first kappa shape index (κ1) is 15.9. The normalized spacial score (nSPS) is 26.4. The van der Waals surface area contributed by atoms with Crippen LogP contribution in [0.2, 0.25) is 0 Å². The fourth-order valence-electron chi connectivity index (χ4n) is 2.48. The quantitative estimate of drug-likeness (QED) is 0.876. The van der Waals surface area contributed by atoms with Crippen molar-refractivity contribution in [2.75, 3.05) is 6.54 Å². The molecule has 1 amide bonds. The predicted octanol–water partition coefficient (Wildman–Crippen LogP) is 2.36. The molecule has 5 heteroatoms. The van der Waals surface area contributed by atoms with E-state index < -0.39 is 5.82 Å². The molecule has 106 valence electrons. The zero-order valence-corrected chi connectivity index (χ0v) is 12.0. The van der Waals surface area contributed by atoms with Crippen molar-refractivity contribution in [3.8, 4) is 0 Å². The van der Waals surface area contributed by atoms with Crippen LogP contribution in [0.5, 0.6) is 0 Å². The molecule has 0 radical (unpaired) electrons. The summed E-state index contributed by atoms with van der Waals surface area (Å²) < 4.78 is 13.5. The van der Waals surface area contributed by atoms with E-state index >= 15 is 0 Å². The summed E-state index contributed by atoms with van der Waals surface area (Å²) in [4.78, 5) is 12.0. The van der Waals surface area contributed by atoms with Crippen LogP contribution >= 0.6 is 12.4 Å². The number of hydrogen-bond acceptors (Lipinski definition) is 2. The van der Waals surface area contributed by atoms with Gasteiger partial charge in [-0.1, -0.05) is 19.1 Å². The average Bonchev–Trinajstić information content (AvgIpc) is 2.34. The zero-order valence-electron chi connectivity index (χ0n) is 11.2. The fourth-order valence-corrected chi connectivity index (χ4v) is 2.48. The summed E-state index contributed by atoms with van der Waals surface area (Å²) in [6.07, 6.45) is 1.02. The van der Waals surface area contributed by atoms with Crippen molar-refractivity contribution in [2.45, 2.75) is 32.4 Å². The molecule has 0 bridgehead atoms. The highest BCUT2D eigenvalue weighted by Gasteiger charge is 2.29. The summed E-state index contributed by atoms with van der Waals surface area (Å²) in [6.45, 7) is 5.12. The number of amides is 1. The Hall–Kier alpha value is -1.13. The van der Waals surface area contributed by atoms with Crippen molar-refractivity contribution in [1.82, 2.24) is 10.6 Å². The minimum atomic E-state index is -0.473. The molecular weight excluding hydrogens is 267 g/mol. The maximum atomic E-state index is 13.5. The molecule has 3 nitrogen and oxygen atoms in total. The highest BCUT2D eigenvalue weighted by atomic mass is 35.5. The number of piperidine rings is 1. The molecular formula is C14H20ClFN2O. The SMILES string of the molecule is CC1CCNC(C)C1NC(=O)c1ccccc1F.Cl.